The van der Waals surface area contributed by atoms with Gasteiger partial charge in [-0.25, -0.2) is 4.39 Å². The molecule has 2 heterocycles. The highest BCUT2D eigenvalue weighted by atomic mass is 19.1. The Hall–Kier alpha value is -1.92. The number of aromatic nitrogens is 2. The third kappa shape index (κ3) is 5.28. The molecule has 1 N–H and O–H groups in total. The Bertz CT molecular complexity index is 657. The van der Waals surface area contributed by atoms with Crippen LogP contribution in [0.5, 0.6) is 5.75 Å². The number of halogens is 1. The summed E-state index contributed by atoms with van der Waals surface area (Å²) in [5, 5.41) is 7.47. The Kier molecular flexibility index (Phi) is 6.04. The molecule has 1 aliphatic rings. The van der Waals surface area contributed by atoms with E-state index in [1.165, 1.54) is 12.1 Å². The molecule has 1 saturated heterocycles. The highest BCUT2D eigenvalue weighted by Gasteiger charge is 2.24. The number of morpholine rings is 1. The maximum absolute atomic E-state index is 12.9. The van der Waals surface area contributed by atoms with Crippen molar-refractivity contribution < 1.29 is 13.9 Å². The lowest BCUT2D eigenvalue weighted by atomic mass is 10.1. The van der Waals surface area contributed by atoms with Crippen LogP contribution in [0.3, 0.4) is 0 Å². The summed E-state index contributed by atoms with van der Waals surface area (Å²) in [7, 11) is 0. The van der Waals surface area contributed by atoms with Gasteiger partial charge in [-0.1, -0.05) is 13.8 Å². The number of hydrogen-bond acceptors (Lipinski definition) is 4. The number of nitrogens with one attached hydrogen (secondary N) is 1. The predicted molar refractivity (Wildman–Crippen MR) is 94.2 cm³/mol. The summed E-state index contributed by atoms with van der Waals surface area (Å²) in [4.78, 5) is 2.44. The largest absolute Gasteiger partial charge is 0.493 e. The third-order valence-corrected chi connectivity index (χ3v) is 4.21. The van der Waals surface area contributed by atoms with Crippen molar-refractivity contribution in [3.8, 4) is 5.75 Å². The number of hydrogen-bond donors (Lipinski definition) is 1. The molecule has 0 radical (unpaired) electrons. The van der Waals surface area contributed by atoms with Crippen LogP contribution in [0.15, 0.2) is 30.3 Å². The van der Waals surface area contributed by atoms with Gasteiger partial charge in [0.1, 0.15) is 17.7 Å². The van der Waals surface area contributed by atoms with Crippen molar-refractivity contribution in [2.24, 2.45) is 5.92 Å². The van der Waals surface area contributed by atoms with Crippen molar-refractivity contribution in [1.82, 2.24) is 15.1 Å². The third-order valence-electron chi connectivity index (χ3n) is 4.21. The first-order valence-corrected chi connectivity index (χ1v) is 8.86. The number of H-pyrrole nitrogens is 1. The molecule has 6 heteroatoms. The van der Waals surface area contributed by atoms with Crippen LogP contribution in [-0.2, 0) is 11.2 Å². The minimum atomic E-state index is -0.260. The molecule has 0 aliphatic carbocycles. The Morgan fingerprint density at radius 2 is 2.16 bits per heavy atom. The van der Waals surface area contributed by atoms with Crippen LogP contribution in [0.1, 0.15) is 31.3 Å². The topological polar surface area (TPSA) is 50.4 Å². The smallest absolute Gasteiger partial charge is 0.123 e. The maximum atomic E-state index is 12.9. The molecule has 0 spiro atoms. The zero-order valence-corrected chi connectivity index (χ0v) is 14.9. The fourth-order valence-electron chi connectivity index (χ4n) is 3.05. The molecule has 25 heavy (non-hydrogen) atoms. The molecule has 1 unspecified atom stereocenters. The van der Waals surface area contributed by atoms with Crippen LogP contribution in [0.4, 0.5) is 4.39 Å². The fraction of sp³-hybridized carbons (Fsp3) is 0.526. The second-order valence-corrected chi connectivity index (χ2v) is 6.88. The summed E-state index contributed by atoms with van der Waals surface area (Å²) in [6, 6.07) is 8.11. The van der Waals surface area contributed by atoms with Crippen molar-refractivity contribution in [1.29, 1.82) is 0 Å². The summed E-state index contributed by atoms with van der Waals surface area (Å²) >= 11 is 0. The van der Waals surface area contributed by atoms with E-state index in [1.54, 1.807) is 12.1 Å². The highest BCUT2D eigenvalue weighted by molar-refractivity contribution is 5.22. The summed E-state index contributed by atoms with van der Waals surface area (Å²) in [6.07, 6.45) is 0.739. The molecule has 136 valence electrons. The number of rotatable bonds is 7. The average Bonchev–Trinajstić information content (AvgIpc) is 3.05. The molecule has 1 aromatic heterocycles. The molecular weight excluding hydrogens is 321 g/mol. The molecule has 1 aliphatic heterocycles. The van der Waals surface area contributed by atoms with E-state index in [0.717, 1.165) is 37.6 Å². The second kappa shape index (κ2) is 8.45. The Labute approximate surface area is 148 Å². The van der Waals surface area contributed by atoms with Crippen LogP contribution in [0.25, 0.3) is 0 Å². The Morgan fingerprint density at radius 3 is 2.92 bits per heavy atom. The van der Waals surface area contributed by atoms with Crippen LogP contribution < -0.4 is 4.74 Å². The van der Waals surface area contributed by atoms with Gasteiger partial charge in [-0.15, -0.1) is 0 Å². The highest BCUT2D eigenvalue weighted by Crippen LogP contribution is 2.22. The van der Waals surface area contributed by atoms with E-state index in [9.17, 15) is 4.39 Å². The summed E-state index contributed by atoms with van der Waals surface area (Å²) in [6.45, 7) is 8.68. The van der Waals surface area contributed by atoms with Crippen LogP contribution in [-0.4, -0.2) is 47.9 Å². The molecule has 1 atom stereocenters. The molecule has 3 rings (SSSR count). The lowest BCUT2D eigenvalue weighted by molar-refractivity contribution is -0.0352. The van der Waals surface area contributed by atoms with Crippen molar-refractivity contribution >= 4 is 0 Å². The van der Waals surface area contributed by atoms with Gasteiger partial charge in [0.15, 0.2) is 0 Å². The predicted octanol–water partition coefficient (Wildman–Crippen LogP) is 3.20. The maximum Gasteiger partial charge on any atom is 0.123 e. The van der Waals surface area contributed by atoms with Crippen molar-refractivity contribution in [2.45, 2.75) is 26.4 Å². The molecule has 0 bridgehead atoms. The molecule has 1 aromatic carbocycles. The van der Waals surface area contributed by atoms with Gasteiger partial charge in [-0.2, -0.15) is 5.10 Å². The standard InChI is InChI=1S/C19H26FN3O2/c1-14(2)12-23-8-10-25-19(13-23)18-11-16(21-22-18)7-9-24-17-5-3-15(20)4-6-17/h3-6,11,14,19H,7-10,12-13H2,1-2H3,(H,21,22). The van der Waals surface area contributed by atoms with E-state index in [4.69, 9.17) is 9.47 Å². The van der Waals surface area contributed by atoms with Crippen molar-refractivity contribution in [3.63, 3.8) is 0 Å². The van der Waals surface area contributed by atoms with E-state index in [1.807, 2.05) is 0 Å². The number of aromatic amines is 1. The van der Waals surface area contributed by atoms with E-state index < -0.39 is 0 Å². The lowest BCUT2D eigenvalue weighted by Crippen LogP contribution is -2.40. The average molecular weight is 347 g/mol. The first-order chi connectivity index (χ1) is 12.1. The lowest BCUT2D eigenvalue weighted by Gasteiger charge is -2.33. The van der Waals surface area contributed by atoms with Gasteiger partial charge >= 0.3 is 0 Å². The van der Waals surface area contributed by atoms with Gasteiger partial charge < -0.3 is 9.47 Å². The first-order valence-electron chi connectivity index (χ1n) is 8.86. The fourth-order valence-corrected chi connectivity index (χ4v) is 3.05. The molecule has 0 saturated carbocycles. The van der Waals surface area contributed by atoms with Crippen LogP contribution in [0, 0.1) is 11.7 Å². The van der Waals surface area contributed by atoms with Gasteiger partial charge in [-0.3, -0.25) is 10.00 Å². The Balaban J connectivity index is 1.49. The number of nitrogens with zero attached hydrogens (tertiary/aromatic N) is 2. The zero-order chi connectivity index (χ0) is 17.6. The van der Waals surface area contributed by atoms with Crippen molar-refractivity contribution in [2.75, 3.05) is 32.8 Å². The SMILES string of the molecule is CC(C)CN1CCOC(c2cc(CCOc3ccc(F)cc3)[nH]n2)C1. The first kappa shape index (κ1) is 17.9. The van der Waals surface area contributed by atoms with Crippen LogP contribution >= 0.6 is 0 Å². The minimum absolute atomic E-state index is 0.0236. The normalized spacial score (nSPS) is 18.6. The monoisotopic (exact) mass is 347 g/mol. The molecule has 5 nitrogen and oxygen atoms in total. The van der Waals surface area contributed by atoms with Gasteiger partial charge in [0.2, 0.25) is 0 Å². The van der Waals surface area contributed by atoms with Crippen molar-refractivity contribution in [3.05, 3.63) is 47.5 Å². The van der Waals surface area contributed by atoms with Gasteiger partial charge in [0.05, 0.1) is 18.9 Å². The second-order valence-electron chi connectivity index (χ2n) is 6.88. The number of benzene rings is 1. The molecule has 2 aromatic rings. The summed E-state index contributed by atoms with van der Waals surface area (Å²) in [5.74, 6) is 1.06. The van der Waals surface area contributed by atoms with Crippen LogP contribution in [0.2, 0.25) is 0 Å². The molecular formula is C19H26FN3O2. The van der Waals surface area contributed by atoms with E-state index in [-0.39, 0.29) is 11.9 Å². The van der Waals surface area contributed by atoms with Gasteiger partial charge in [-0.05, 0) is 36.2 Å². The minimum Gasteiger partial charge on any atom is -0.493 e. The zero-order valence-electron chi connectivity index (χ0n) is 14.9. The quantitative estimate of drug-likeness (QED) is 0.836. The summed E-state index contributed by atoms with van der Waals surface area (Å²) < 4.78 is 24.4. The number of ether oxygens (including phenoxy) is 2. The van der Waals surface area contributed by atoms with E-state index >= 15 is 0 Å². The molecule has 0 amide bonds. The Morgan fingerprint density at radius 1 is 1.36 bits per heavy atom. The molecule has 1 fully saturated rings. The van der Waals surface area contributed by atoms with Gasteiger partial charge in [0, 0.05) is 31.7 Å². The van der Waals surface area contributed by atoms with E-state index in [2.05, 4.69) is 35.0 Å². The van der Waals surface area contributed by atoms with E-state index in [0.29, 0.717) is 24.7 Å². The van der Waals surface area contributed by atoms with Gasteiger partial charge in [0.25, 0.3) is 0 Å². The summed E-state index contributed by atoms with van der Waals surface area (Å²) in [5.41, 5.74) is 1.96.